The highest BCUT2D eigenvalue weighted by Crippen LogP contribution is 2.26. The van der Waals surface area contributed by atoms with E-state index < -0.39 is 5.25 Å². The highest BCUT2D eigenvalue weighted by atomic mass is 32.2. The van der Waals surface area contributed by atoms with Crippen LogP contribution in [-0.4, -0.2) is 28.8 Å². The van der Waals surface area contributed by atoms with Gasteiger partial charge in [-0.1, -0.05) is 49.0 Å². The summed E-state index contributed by atoms with van der Waals surface area (Å²) in [6.45, 7) is 2.59. The number of ether oxygens (including phenoxy) is 1. The van der Waals surface area contributed by atoms with Crippen molar-refractivity contribution < 1.29 is 14.3 Å². The molecule has 2 aromatic carbocycles. The number of carbonyl (C=O) groups is 2. The smallest absolute Gasteiger partial charge is 0.240 e. The van der Waals surface area contributed by atoms with Crippen LogP contribution >= 0.6 is 11.8 Å². The van der Waals surface area contributed by atoms with E-state index in [1.54, 1.807) is 6.07 Å². The average Bonchev–Trinajstić information content (AvgIpc) is 3.05. The molecule has 1 aliphatic rings. The quantitative estimate of drug-likeness (QED) is 0.593. The van der Waals surface area contributed by atoms with Gasteiger partial charge in [0, 0.05) is 6.42 Å². The second-order valence-electron chi connectivity index (χ2n) is 6.09. The van der Waals surface area contributed by atoms with E-state index >= 15 is 0 Å². The summed E-state index contributed by atoms with van der Waals surface area (Å²) in [5.41, 5.74) is 4.30. The zero-order valence-electron chi connectivity index (χ0n) is 15.5. The van der Waals surface area contributed by atoms with Crippen LogP contribution in [0.1, 0.15) is 19.8 Å². The number of rotatable bonds is 8. The first-order chi connectivity index (χ1) is 13.7. The molecule has 0 spiro atoms. The average molecular weight is 398 g/mol. The maximum Gasteiger partial charge on any atom is 0.240 e. The number of amidine groups is 1. The number of carbonyl (C=O) groups excluding carboxylic acids is 2. The van der Waals surface area contributed by atoms with Crippen LogP contribution in [0.3, 0.4) is 0 Å². The summed E-state index contributed by atoms with van der Waals surface area (Å²) >= 11 is 1.23. The number of para-hydroxylation sites is 3. The minimum Gasteiger partial charge on any atom is -0.491 e. The molecule has 0 unspecified atom stereocenters. The molecule has 3 rings (SSSR count). The summed E-state index contributed by atoms with van der Waals surface area (Å²) in [7, 11) is 0. The summed E-state index contributed by atoms with van der Waals surface area (Å²) in [5, 5.41) is 9.61. The van der Waals surface area contributed by atoms with Gasteiger partial charge in [0.2, 0.25) is 11.8 Å². The highest BCUT2D eigenvalue weighted by Gasteiger charge is 2.32. The van der Waals surface area contributed by atoms with E-state index in [2.05, 4.69) is 21.2 Å². The Morgan fingerprint density at radius 1 is 1.18 bits per heavy atom. The van der Waals surface area contributed by atoms with Crippen molar-refractivity contribution in [1.82, 2.24) is 5.32 Å². The van der Waals surface area contributed by atoms with Crippen LogP contribution in [0.4, 0.5) is 11.4 Å². The maximum absolute atomic E-state index is 12.4. The number of thioether (sulfide) groups is 1. The molecule has 8 heteroatoms. The van der Waals surface area contributed by atoms with Gasteiger partial charge in [0.15, 0.2) is 5.17 Å². The topological polar surface area (TPSA) is 91.8 Å². The number of hydrogen-bond acceptors (Lipinski definition) is 6. The minimum atomic E-state index is -0.528. The molecule has 2 amide bonds. The number of anilines is 2. The van der Waals surface area contributed by atoms with Crippen molar-refractivity contribution in [3.8, 4) is 5.75 Å². The van der Waals surface area contributed by atoms with Crippen LogP contribution in [0.2, 0.25) is 0 Å². The molecule has 146 valence electrons. The monoisotopic (exact) mass is 398 g/mol. The van der Waals surface area contributed by atoms with Crippen LogP contribution in [0.25, 0.3) is 0 Å². The van der Waals surface area contributed by atoms with Gasteiger partial charge in [0.25, 0.3) is 0 Å². The molecule has 1 aliphatic heterocycles. The van der Waals surface area contributed by atoms with Gasteiger partial charge in [-0.2, -0.15) is 0 Å². The van der Waals surface area contributed by atoms with Gasteiger partial charge in [-0.25, -0.2) is 0 Å². The number of nitrogens with zero attached hydrogens (tertiary/aromatic N) is 1. The molecule has 1 saturated heterocycles. The fraction of sp³-hybridized carbons (Fsp3) is 0.250. The molecule has 0 aromatic heterocycles. The summed E-state index contributed by atoms with van der Waals surface area (Å²) < 4.78 is 5.64. The van der Waals surface area contributed by atoms with Gasteiger partial charge in [0.05, 0.1) is 18.0 Å². The lowest BCUT2D eigenvalue weighted by atomic mass is 10.2. The van der Waals surface area contributed by atoms with Crippen molar-refractivity contribution in [2.24, 2.45) is 5.10 Å². The number of hydrazone groups is 1. The fourth-order valence-corrected chi connectivity index (χ4v) is 3.43. The summed E-state index contributed by atoms with van der Waals surface area (Å²) in [5.74, 6) is 0.136. The largest absolute Gasteiger partial charge is 0.491 e. The molecular weight excluding hydrogens is 376 g/mol. The first kappa shape index (κ1) is 19.8. The third-order valence-electron chi connectivity index (χ3n) is 3.83. The molecule has 0 aliphatic carbocycles. The molecular formula is C20H22N4O3S. The van der Waals surface area contributed by atoms with Gasteiger partial charge in [-0.3, -0.25) is 15.0 Å². The standard InChI is InChI=1S/C20H22N4O3S/c1-2-12-27-16-11-7-6-10-15(16)21-18(25)13-17-19(26)22-20(28-17)24-23-14-8-4-3-5-9-14/h3-11,17,23H,2,12-13H2,1H3,(H,21,25)(H,22,24,26)/t17-/m1/s1. The molecule has 28 heavy (non-hydrogen) atoms. The molecule has 0 saturated carbocycles. The number of nitrogens with one attached hydrogen (secondary N) is 3. The van der Waals surface area contributed by atoms with Crippen molar-refractivity contribution in [3.05, 3.63) is 54.6 Å². The SMILES string of the molecule is CCCOc1ccccc1NC(=O)C[C@H]1S/C(=N/Nc2ccccc2)NC1=O. The Morgan fingerprint density at radius 3 is 2.71 bits per heavy atom. The van der Waals surface area contributed by atoms with Crippen molar-refractivity contribution in [2.45, 2.75) is 25.0 Å². The molecule has 1 heterocycles. The van der Waals surface area contributed by atoms with Crippen molar-refractivity contribution >= 4 is 40.1 Å². The third kappa shape index (κ3) is 5.50. The Balaban J connectivity index is 1.55. The van der Waals surface area contributed by atoms with E-state index in [-0.39, 0.29) is 18.2 Å². The lowest BCUT2D eigenvalue weighted by Gasteiger charge is -2.12. The molecule has 3 N–H and O–H groups in total. The summed E-state index contributed by atoms with van der Waals surface area (Å²) in [6, 6.07) is 16.7. The second kappa shape index (κ2) is 9.80. The molecule has 1 atom stereocenters. The van der Waals surface area contributed by atoms with Crippen molar-refractivity contribution in [3.63, 3.8) is 0 Å². The minimum absolute atomic E-state index is 0.0446. The van der Waals surface area contributed by atoms with E-state index in [1.807, 2.05) is 55.5 Å². The molecule has 0 radical (unpaired) electrons. The predicted molar refractivity (Wildman–Crippen MR) is 112 cm³/mol. The predicted octanol–water partition coefficient (Wildman–Crippen LogP) is 3.42. The molecule has 7 nitrogen and oxygen atoms in total. The zero-order valence-corrected chi connectivity index (χ0v) is 16.3. The summed E-state index contributed by atoms with van der Waals surface area (Å²) in [4.78, 5) is 24.6. The molecule has 0 bridgehead atoms. The summed E-state index contributed by atoms with van der Waals surface area (Å²) in [6.07, 6.45) is 0.920. The van der Waals surface area contributed by atoms with Gasteiger partial charge in [-0.05, 0) is 30.7 Å². The highest BCUT2D eigenvalue weighted by molar-refractivity contribution is 8.15. The van der Waals surface area contributed by atoms with Gasteiger partial charge >= 0.3 is 0 Å². The van der Waals surface area contributed by atoms with Crippen LogP contribution in [0, 0.1) is 0 Å². The van der Waals surface area contributed by atoms with Gasteiger partial charge < -0.3 is 15.4 Å². The van der Waals surface area contributed by atoms with Crippen molar-refractivity contribution in [1.29, 1.82) is 0 Å². The van der Waals surface area contributed by atoms with E-state index in [9.17, 15) is 9.59 Å². The second-order valence-corrected chi connectivity index (χ2v) is 7.28. The Hall–Kier alpha value is -3.00. The Kier molecular flexibility index (Phi) is 6.91. The lowest BCUT2D eigenvalue weighted by molar-refractivity contribution is -0.122. The lowest BCUT2D eigenvalue weighted by Crippen LogP contribution is -2.28. The van der Waals surface area contributed by atoms with Crippen LogP contribution in [0.15, 0.2) is 59.7 Å². The van der Waals surface area contributed by atoms with Gasteiger partial charge in [-0.15, -0.1) is 5.10 Å². The molecule has 1 fully saturated rings. The maximum atomic E-state index is 12.4. The van der Waals surface area contributed by atoms with E-state index in [0.717, 1.165) is 12.1 Å². The Morgan fingerprint density at radius 2 is 1.93 bits per heavy atom. The zero-order chi connectivity index (χ0) is 19.8. The first-order valence-electron chi connectivity index (χ1n) is 9.03. The normalized spacial score (nSPS) is 17.2. The first-order valence-corrected chi connectivity index (χ1v) is 9.91. The third-order valence-corrected chi connectivity index (χ3v) is 4.91. The Labute approximate surface area is 167 Å². The van der Waals surface area contributed by atoms with Gasteiger partial charge in [0.1, 0.15) is 11.0 Å². The Bertz CT molecular complexity index is 858. The molecule has 2 aromatic rings. The van der Waals surface area contributed by atoms with E-state index in [4.69, 9.17) is 4.74 Å². The van der Waals surface area contributed by atoms with Crippen LogP contribution in [-0.2, 0) is 9.59 Å². The van der Waals surface area contributed by atoms with Crippen LogP contribution < -0.4 is 20.8 Å². The van der Waals surface area contributed by atoms with Crippen LogP contribution in [0.5, 0.6) is 5.75 Å². The van der Waals surface area contributed by atoms with E-state index in [1.165, 1.54) is 11.8 Å². The number of amides is 2. The fourth-order valence-electron chi connectivity index (χ4n) is 2.50. The number of benzene rings is 2. The number of hydrogen-bond donors (Lipinski definition) is 3. The van der Waals surface area contributed by atoms with E-state index in [0.29, 0.717) is 23.2 Å². The van der Waals surface area contributed by atoms with Crippen molar-refractivity contribution in [2.75, 3.05) is 17.3 Å².